The molecule has 2 aromatic rings. The average molecular weight is 395 g/mol. The van der Waals surface area contributed by atoms with Gasteiger partial charge in [0.25, 0.3) is 0 Å². The van der Waals surface area contributed by atoms with Crippen LogP contribution in [0.25, 0.3) is 0 Å². The Bertz CT molecular complexity index is 631. The standard InChI is InChI=1S/C14H10ClF2IO/c1-7-4-9(12(17)6-11(7)16)14(19)8-2-3-13(18)10(15)5-8/h2-6,14,19H,1H3. The topological polar surface area (TPSA) is 20.2 Å². The fraction of sp³-hybridized carbons (Fsp3) is 0.143. The van der Waals surface area contributed by atoms with Gasteiger partial charge in [0.2, 0.25) is 0 Å². The molecular formula is C14H10ClF2IO. The molecule has 0 aliphatic heterocycles. The van der Waals surface area contributed by atoms with Crippen LogP contribution in [0, 0.1) is 22.1 Å². The Morgan fingerprint density at radius 1 is 1.16 bits per heavy atom. The van der Waals surface area contributed by atoms with E-state index in [9.17, 15) is 13.9 Å². The van der Waals surface area contributed by atoms with Gasteiger partial charge in [-0.1, -0.05) is 17.7 Å². The lowest BCUT2D eigenvalue weighted by Gasteiger charge is -2.14. The summed E-state index contributed by atoms with van der Waals surface area (Å²) in [5.74, 6) is -1.40. The SMILES string of the molecule is Cc1cc(C(O)c2ccc(I)c(Cl)c2)c(F)cc1F. The largest absolute Gasteiger partial charge is 0.384 e. The summed E-state index contributed by atoms with van der Waals surface area (Å²) in [4.78, 5) is 0. The van der Waals surface area contributed by atoms with Crippen LogP contribution < -0.4 is 0 Å². The molecule has 1 N–H and O–H groups in total. The molecule has 1 nitrogen and oxygen atoms in total. The monoisotopic (exact) mass is 394 g/mol. The van der Waals surface area contributed by atoms with E-state index in [1.54, 1.807) is 18.2 Å². The maximum atomic E-state index is 13.7. The molecule has 1 unspecified atom stereocenters. The maximum absolute atomic E-state index is 13.7. The quantitative estimate of drug-likeness (QED) is 0.738. The third-order valence-corrected chi connectivity index (χ3v) is 4.40. The third-order valence-electron chi connectivity index (χ3n) is 2.83. The van der Waals surface area contributed by atoms with Crippen molar-refractivity contribution in [2.45, 2.75) is 13.0 Å². The van der Waals surface area contributed by atoms with E-state index in [1.165, 1.54) is 13.0 Å². The van der Waals surface area contributed by atoms with Crippen LogP contribution in [0.3, 0.4) is 0 Å². The number of aliphatic hydroxyl groups excluding tert-OH is 1. The van der Waals surface area contributed by atoms with Gasteiger partial charge in [0.05, 0.1) is 5.02 Å². The first-order valence-electron chi connectivity index (χ1n) is 5.48. The molecule has 0 heterocycles. The van der Waals surface area contributed by atoms with Gasteiger partial charge in [-0.3, -0.25) is 0 Å². The molecule has 2 rings (SSSR count). The van der Waals surface area contributed by atoms with Crippen molar-refractivity contribution in [2.24, 2.45) is 0 Å². The number of halogens is 4. The zero-order valence-electron chi connectivity index (χ0n) is 9.92. The highest BCUT2D eigenvalue weighted by molar-refractivity contribution is 14.1. The van der Waals surface area contributed by atoms with Crippen molar-refractivity contribution >= 4 is 34.2 Å². The van der Waals surface area contributed by atoms with E-state index in [4.69, 9.17) is 11.6 Å². The number of aliphatic hydroxyl groups is 1. The lowest BCUT2D eigenvalue weighted by molar-refractivity contribution is 0.214. The van der Waals surface area contributed by atoms with E-state index >= 15 is 0 Å². The van der Waals surface area contributed by atoms with Crippen molar-refractivity contribution in [2.75, 3.05) is 0 Å². The van der Waals surface area contributed by atoms with Crippen LogP contribution in [-0.4, -0.2) is 5.11 Å². The Labute approximate surface area is 128 Å². The molecule has 0 radical (unpaired) electrons. The molecule has 19 heavy (non-hydrogen) atoms. The van der Waals surface area contributed by atoms with Crippen LogP contribution in [0.2, 0.25) is 5.02 Å². The zero-order chi connectivity index (χ0) is 14.2. The molecule has 1 atom stereocenters. The summed E-state index contributed by atoms with van der Waals surface area (Å²) in [6.07, 6.45) is -1.17. The highest BCUT2D eigenvalue weighted by atomic mass is 127. The van der Waals surface area contributed by atoms with Gasteiger partial charge in [0.15, 0.2) is 0 Å². The Kier molecular flexibility index (Phi) is 4.43. The van der Waals surface area contributed by atoms with Crippen LogP contribution in [-0.2, 0) is 0 Å². The van der Waals surface area contributed by atoms with E-state index in [0.29, 0.717) is 10.6 Å². The predicted molar refractivity (Wildman–Crippen MR) is 79.3 cm³/mol. The smallest absolute Gasteiger partial charge is 0.132 e. The van der Waals surface area contributed by atoms with Crippen LogP contribution in [0.1, 0.15) is 22.8 Å². The third kappa shape index (κ3) is 3.07. The van der Waals surface area contributed by atoms with Crippen LogP contribution in [0.15, 0.2) is 30.3 Å². The van der Waals surface area contributed by atoms with Gasteiger partial charge in [-0.2, -0.15) is 0 Å². The Morgan fingerprint density at radius 2 is 1.84 bits per heavy atom. The van der Waals surface area contributed by atoms with Crippen molar-refractivity contribution in [3.63, 3.8) is 0 Å². The highest BCUT2D eigenvalue weighted by Crippen LogP contribution is 2.29. The minimum Gasteiger partial charge on any atom is -0.384 e. The first-order valence-corrected chi connectivity index (χ1v) is 6.94. The lowest BCUT2D eigenvalue weighted by atomic mass is 9.99. The van der Waals surface area contributed by atoms with Crippen molar-refractivity contribution in [3.8, 4) is 0 Å². The summed E-state index contributed by atoms with van der Waals surface area (Å²) in [6.45, 7) is 1.52. The number of aryl methyl sites for hydroxylation is 1. The van der Waals surface area contributed by atoms with Crippen LogP contribution >= 0.6 is 34.2 Å². The predicted octanol–water partition coefficient (Wildman–Crippen LogP) is 4.61. The van der Waals surface area contributed by atoms with E-state index in [0.717, 1.165) is 9.64 Å². The molecule has 0 amide bonds. The maximum Gasteiger partial charge on any atom is 0.132 e. The Hall–Kier alpha value is -0.720. The second-order valence-electron chi connectivity index (χ2n) is 4.20. The molecule has 0 saturated carbocycles. The minimum atomic E-state index is -1.17. The molecule has 0 aliphatic rings. The van der Waals surface area contributed by atoms with Gasteiger partial charge in [-0.25, -0.2) is 8.78 Å². The van der Waals surface area contributed by atoms with Gasteiger partial charge >= 0.3 is 0 Å². The second kappa shape index (κ2) is 5.73. The van der Waals surface area contributed by atoms with Crippen molar-refractivity contribution in [3.05, 3.63) is 67.2 Å². The molecule has 0 bridgehead atoms. The van der Waals surface area contributed by atoms with Gasteiger partial charge in [-0.05, 0) is 58.8 Å². The van der Waals surface area contributed by atoms with Crippen molar-refractivity contribution in [1.82, 2.24) is 0 Å². The summed E-state index contributed by atoms with van der Waals surface area (Å²) in [5, 5.41) is 10.7. The van der Waals surface area contributed by atoms with Gasteiger partial charge in [-0.15, -0.1) is 0 Å². The summed E-state index contributed by atoms with van der Waals surface area (Å²) < 4.78 is 27.7. The Morgan fingerprint density at radius 3 is 2.47 bits per heavy atom. The van der Waals surface area contributed by atoms with Gasteiger partial charge in [0.1, 0.15) is 17.7 Å². The molecule has 0 saturated heterocycles. The van der Waals surface area contributed by atoms with E-state index in [1.807, 2.05) is 0 Å². The normalized spacial score (nSPS) is 12.5. The summed E-state index contributed by atoms with van der Waals surface area (Å²) in [7, 11) is 0. The minimum absolute atomic E-state index is 0.0381. The first kappa shape index (κ1) is 14.7. The summed E-state index contributed by atoms with van der Waals surface area (Å²) in [5.41, 5.74) is 0.790. The van der Waals surface area contributed by atoms with Crippen molar-refractivity contribution in [1.29, 1.82) is 0 Å². The summed E-state index contributed by atoms with van der Waals surface area (Å²) >= 11 is 8.03. The van der Waals surface area contributed by atoms with E-state index < -0.39 is 17.7 Å². The molecule has 0 aliphatic carbocycles. The molecule has 0 aromatic heterocycles. The fourth-order valence-electron chi connectivity index (χ4n) is 1.75. The molecule has 5 heteroatoms. The number of benzene rings is 2. The van der Waals surface area contributed by atoms with Crippen LogP contribution in [0.4, 0.5) is 8.78 Å². The highest BCUT2D eigenvalue weighted by Gasteiger charge is 2.17. The zero-order valence-corrected chi connectivity index (χ0v) is 12.8. The second-order valence-corrected chi connectivity index (χ2v) is 5.77. The molecule has 0 fully saturated rings. The van der Waals surface area contributed by atoms with E-state index in [-0.39, 0.29) is 11.1 Å². The molecular weight excluding hydrogens is 385 g/mol. The van der Waals surface area contributed by atoms with Gasteiger partial charge in [0, 0.05) is 15.2 Å². The first-order chi connectivity index (χ1) is 8.90. The molecule has 2 aromatic carbocycles. The fourth-order valence-corrected chi connectivity index (χ4v) is 2.28. The van der Waals surface area contributed by atoms with Crippen LogP contribution in [0.5, 0.6) is 0 Å². The van der Waals surface area contributed by atoms with Gasteiger partial charge < -0.3 is 5.11 Å². The number of hydrogen-bond acceptors (Lipinski definition) is 1. The molecule has 100 valence electrons. The average Bonchev–Trinajstić information content (AvgIpc) is 2.36. The Balaban J connectivity index is 2.46. The molecule has 0 spiro atoms. The van der Waals surface area contributed by atoms with E-state index in [2.05, 4.69) is 22.6 Å². The van der Waals surface area contributed by atoms with Crippen molar-refractivity contribution < 1.29 is 13.9 Å². The number of hydrogen-bond donors (Lipinski definition) is 1. The summed E-state index contributed by atoms with van der Waals surface area (Å²) in [6, 6.07) is 7.06. The number of rotatable bonds is 2. The lowest BCUT2D eigenvalue weighted by Crippen LogP contribution is -2.04.